The van der Waals surface area contributed by atoms with Gasteiger partial charge in [0.2, 0.25) is 0 Å². The van der Waals surface area contributed by atoms with Gasteiger partial charge in [-0.25, -0.2) is 13.4 Å². The number of allylic oxidation sites excluding steroid dienone is 1. The first-order valence-corrected chi connectivity index (χ1v) is 6.44. The molecule has 1 rings (SSSR count). The van der Waals surface area contributed by atoms with Gasteiger partial charge < -0.3 is 9.84 Å². The fourth-order valence-electron chi connectivity index (χ4n) is 0.998. The lowest BCUT2D eigenvalue weighted by Gasteiger charge is -2.12. The third kappa shape index (κ3) is 3.09. The summed E-state index contributed by atoms with van der Waals surface area (Å²) in [5, 5.41) is 10.1. The molecule has 0 amide bonds. The summed E-state index contributed by atoms with van der Waals surface area (Å²) in [5.41, 5.74) is -0.0516. The highest BCUT2D eigenvalue weighted by Crippen LogP contribution is 2.10. The largest absolute Gasteiger partial charge is 0.492 e. The topological polar surface area (TPSA) is 76.0 Å². The molecule has 1 unspecified atom stereocenters. The second-order valence-corrected chi connectivity index (χ2v) is 5.31. The van der Waals surface area contributed by atoms with E-state index < -0.39 is 15.7 Å². The molecule has 0 spiro atoms. The molecule has 0 aliphatic carbocycles. The number of carbonyl (C=O) groups is 1. The van der Waals surface area contributed by atoms with Crippen molar-refractivity contribution in [2.45, 2.75) is 13.3 Å². The molecule has 0 fully saturated rings. The lowest BCUT2D eigenvalue weighted by molar-refractivity contribution is -0.132. The molecule has 0 aromatic carbocycles. The van der Waals surface area contributed by atoms with Gasteiger partial charge >= 0.3 is 5.97 Å². The Labute approximate surface area is 88.6 Å². The summed E-state index contributed by atoms with van der Waals surface area (Å²) < 4.78 is 20.5. The minimum atomic E-state index is -2.48. The van der Waals surface area contributed by atoms with Crippen LogP contribution in [0.3, 0.4) is 0 Å². The number of nitrogens with zero attached hydrogens (tertiary/aromatic N) is 1. The third-order valence-corrected chi connectivity index (χ3v) is 2.85. The summed E-state index contributed by atoms with van der Waals surface area (Å²) in [4.78, 5) is 10.8. The number of aliphatic carboxylic acids is 1. The van der Waals surface area contributed by atoms with Crippen LogP contribution >= 0.6 is 0 Å². The van der Waals surface area contributed by atoms with Crippen molar-refractivity contribution >= 4 is 27.3 Å². The van der Waals surface area contributed by atoms with Crippen LogP contribution < -0.4 is 0 Å². The fraction of sp³-hybridized carbons (Fsp3) is 0.444. The van der Waals surface area contributed by atoms with Gasteiger partial charge in [0.1, 0.15) is 11.3 Å². The Bertz CT molecular complexity index is 441. The van der Waals surface area contributed by atoms with E-state index in [0.717, 1.165) is 12.6 Å². The van der Waals surface area contributed by atoms with Crippen LogP contribution in [0.2, 0.25) is 0 Å². The van der Waals surface area contributed by atoms with Crippen molar-refractivity contribution in [3.8, 4) is 0 Å². The lowest BCUT2D eigenvalue weighted by Crippen LogP contribution is -2.16. The standard InChI is InChI=1S/C9H13NO4S/c1-3-4-14-8-6-15(2,13)10-5-7(8)9(11)12/h5-6H,3-4H2,1-2H3,(H,11,12). The Morgan fingerprint density at radius 1 is 1.67 bits per heavy atom. The zero-order valence-corrected chi connectivity index (χ0v) is 9.41. The molecule has 1 atom stereocenters. The summed E-state index contributed by atoms with van der Waals surface area (Å²) in [5.74, 6) is -0.983. The molecule has 84 valence electrons. The predicted molar refractivity (Wildman–Crippen MR) is 59.5 cm³/mol. The van der Waals surface area contributed by atoms with Gasteiger partial charge in [0.15, 0.2) is 0 Å². The Kier molecular flexibility index (Phi) is 3.52. The van der Waals surface area contributed by atoms with Crippen molar-refractivity contribution in [3.63, 3.8) is 0 Å². The summed E-state index contributed by atoms with van der Waals surface area (Å²) in [6.07, 6.45) is 3.28. The molecule has 0 bridgehead atoms. The van der Waals surface area contributed by atoms with E-state index in [0.29, 0.717) is 6.61 Å². The average molecular weight is 231 g/mol. The summed E-state index contributed by atoms with van der Waals surface area (Å²) in [6.45, 7) is 2.30. The van der Waals surface area contributed by atoms with E-state index >= 15 is 0 Å². The number of hydrogen-bond acceptors (Lipinski definition) is 3. The number of ether oxygens (including phenoxy) is 1. The zero-order chi connectivity index (χ0) is 11.5. The van der Waals surface area contributed by atoms with Crippen LogP contribution in [-0.2, 0) is 19.2 Å². The van der Waals surface area contributed by atoms with Gasteiger partial charge in [0.05, 0.1) is 27.9 Å². The number of hydrogen-bond donors (Lipinski definition) is 1. The van der Waals surface area contributed by atoms with Crippen LogP contribution in [0, 0.1) is 0 Å². The van der Waals surface area contributed by atoms with Crippen molar-refractivity contribution in [1.82, 2.24) is 0 Å². The molecular formula is C9H13NO4S. The highest BCUT2D eigenvalue weighted by atomic mass is 32.2. The molecule has 1 aliphatic heterocycles. The van der Waals surface area contributed by atoms with Crippen LogP contribution in [0.25, 0.3) is 0 Å². The van der Waals surface area contributed by atoms with E-state index in [1.54, 1.807) is 0 Å². The maximum Gasteiger partial charge on any atom is 0.341 e. The van der Waals surface area contributed by atoms with Crippen molar-refractivity contribution < 1.29 is 18.8 Å². The van der Waals surface area contributed by atoms with Crippen LogP contribution in [0.5, 0.6) is 0 Å². The summed E-state index contributed by atoms with van der Waals surface area (Å²) in [7, 11) is -2.48. The number of rotatable bonds is 4. The molecule has 6 heteroatoms. The highest BCUT2D eigenvalue weighted by Gasteiger charge is 2.18. The Balaban J connectivity index is 3.11. The molecule has 5 nitrogen and oxygen atoms in total. The zero-order valence-electron chi connectivity index (χ0n) is 8.60. The highest BCUT2D eigenvalue weighted by molar-refractivity contribution is 7.99. The van der Waals surface area contributed by atoms with Crippen molar-refractivity contribution in [3.05, 3.63) is 11.3 Å². The second-order valence-electron chi connectivity index (χ2n) is 3.15. The molecule has 1 N–H and O–H groups in total. The normalized spacial score (nSPS) is 24.9. The second kappa shape index (κ2) is 4.48. The van der Waals surface area contributed by atoms with Gasteiger partial charge in [0, 0.05) is 6.26 Å². The minimum Gasteiger partial charge on any atom is -0.492 e. The SMILES string of the molecule is CCCOC1=C(C(=O)O)C=NS(C)(=O)=C1. The van der Waals surface area contributed by atoms with E-state index in [1.165, 1.54) is 11.6 Å². The van der Waals surface area contributed by atoms with E-state index in [2.05, 4.69) is 4.40 Å². The molecule has 0 saturated heterocycles. The predicted octanol–water partition coefficient (Wildman–Crippen LogP) is 0.467. The monoisotopic (exact) mass is 231 g/mol. The van der Waals surface area contributed by atoms with Crippen molar-refractivity contribution in [2.24, 2.45) is 4.40 Å². The first kappa shape index (κ1) is 11.8. The van der Waals surface area contributed by atoms with E-state index in [4.69, 9.17) is 9.84 Å². The average Bonchev–Trinajstić information content (AvgIpc) is 2.12. The van der Waals surface area contributed by atoms with Crippen LogP contribution in [0.1, 0.15) is 13.3 Å². The molecule has 0 aromatic rings. The molecule has 0 saturated carbocycles. The van der Waals surface area contributed by atoms with Crippen molar-refractivity contribution in [1.29, 1.82) is 0 Å². The Morgan fingerprint density at radius 2 is 2.33 bits per heavy atom. The van der Waals surface area contributed by atoms with Crippen LogP contribution in [0.4, 0.5) is 0 Å². The van der Waals surface area contributed by atoms with Gasteiger partial charge in [-0.05, 0) is 6.42 Å². The van der Waals surface area contributed by atoms with E-state index in [1.807, 2.05) is 6.92 Å². The Hall–Kier alpha value is -1.30. The van der Waals surface area contributed by atoms with Gasteiger partial charge in [-0.15, -0.1) is 0 Å². The summed E-state index contributed by atoms with van der Waals surface area (Å²) >= 11 is 0. The molecular weight excluding hydrogens is 218 g/mol. The first-order valence-electron chi connectivity index (χ1n) is 4.46. The maximum atomic E-state index is 11.6. The van der Waals surface area contributed by atoms with Gasteiger partial charge in [-0.1, -0.05) is 6.92 Å². The first-order chi connectivity index (χ1) is 6.96. The third-order valence-electron chi connectivity index (χ3n) is 1.67. The number of carboxylic acids is 1. The van der Waals surface area contributed by atoms with Crippen LogP contribution in [0.15, 0.2) is 15.7 Å². The molecule has 0 radical (unpaired) electrons. The van der Waals surface area contributed by atoms with E-state index in [-0.39, 0.29) is 11.3 Å². The van der Waals surface area contributed by atoms with Crippen molar-refractivity contribution in [2.75, 3.05) is 12.9 Å². The molecule has 0 aromatic heterocycles. The lowest BCUT2D eigenvalue weighted by atomic mass is 10.2. The van der Waals surface area contributed by atoms with Gasteiger partial charge in [-0.3, -0.25) is 0 Å². The quantitative estimate of drug-likeness (QED) is 0.713. The molecule has 1 heterocycles. The van der Waals surface area contributed by atoms with E-state index in [9.17, 15) is 9.00 Å². The minimum absolute atomic E-state index is 0.0516. The maximum absolute atomic E-state index is 11.6. The summed E-state index contributed by atoms with van der Waals surface area (Å²) in [6, 6.07) is 0. The fourth-order valence-corrected chi connectivity index (χ4v) is 1.97. The van der Waals surface area contributed by atoms with Crippen LogP contribution in [-0.4, -0.2) is 39.7 Å². The molecule has 15 heavy (non-hydrogen) atoms. The number of carboxylic acid groups (broad SMARTS) is 1. The smallest absolute Gasteiger partial charge is 0.341 e. The van der Waals surface area contributed by atoms with Gasteiger partial charge in [0.25, 0.3) is 0 Å². The molecule has 1 aliphatic rings. The van der Waals surface area contributed by atoms with Gasteiger partial charge in [-0.2, -0.15) is 0 Å². The Morgan fingerprint density at radius 3 is 2.87 bits per heavy atom.